The van der Waals surface area contributed by atoms with Gasteiger partial charge in [0.2, 0.25) is 0 Å². The highest BCUT2D eigenvalue weighted by Gasteiger charge is 2.26. The van der Waals surface area contributed by atoms with Crippen LogP contribution in [0.1, 0.15) is 43.5 Å². The maximum absolute atomic E-state index is 9.86. The number of hydrogen-bond donors (Lipinski definition) is 1. The summed E-state index contributed by atoms with van der Waals surface area (Å²) >= 11 is 0. The second-order valence-electron chi connectivity index (χ2n) is 6.46. The number of para-hydroxylation sites is 1. The Bertz CT molecular complexity index is 638. The van der Waals surface area contributed by atoms with Crippen LogP contribution in [0.15, 0.2) is 53.5 Å². The molecule has 0 heterocycles. The molecule has 21 heavy (non-hydrogen) atoms. The molecule has 0 saturated carbocycles. The minimum Gasteiger partial charge on any atom is -0.507 e. The van der Waals surface area contributed by atoms with Gasteiger partial charge in [-0.05, 0) is 35.6 Å². The molecule has 2 rings (SSSR count). The van der Waals surface area contributed by atoms with E-state index >= 15 is 0 Å². The van der Waals surface area contributed by atoms with Crippen LogP contribution in [0, 0.1) is 12.3 Å². The summed E-state index contributed by atoms with van der Waals surface area (Å²) in [7, 11) is 0. The van der Waals surface area contributed by atoms with Crippen LogP contribution in [0.2, 0.25) is 0 Å². The van der Waals surface area contributed by atoms with Gasteiger partial charge in [0, 0.05) is 11.8 Å². The van der Waals surface area contributed by atoms with Crippen molar-refractivity contribution in [3.05, 3.63) is 65.2 Å². The molecule has 2 aromatic rings. The van der Waals surface area contributed by atoms with Crippen molar-refractivity contribution in [2.75, 3.05) is 0 Å². The predicted molar refractivity (Wildman–Crippen MR) is 89.1 cm³/mol. The van der Waals surface area contributed by atoms with Gasteiger partial charge in [0.25, 0.3) is 0 Å². The van der Waals surface area contributed by atoms with Crippen LogP contribution < -0.4 is 0 Å². The van der Waals surface area contributed by atoms with E-state index in [1.807, 2.05) is 24.3 Å². The van der Waals surface area contributed by atoms with Crippen molar-refractivity contribution in [3.8, 4) is 5.75 Å². The molecule has 0 aromatic heterocycles. The van der Waals surface area contributed by atoms with Gasteiger partial charge < -0.3 is 5.11 Å². The number of hydrogen-bond acceptors (Lipinski definition) is 2. The van der Waals surface area contributed by atoms with E-state index in [0.717, 1.165) is 5.56 Å². The molecule has 2 aromatic carbocycles. The van der Waals surface area contributed by atoms with Gasteiger partial charge in [-0.25, -0.2) is 0 Å². The first-order chi connectivity index (χ1) is 9.89. The fraction of sp³-hybridized carbons (Fsp3) is 0.316. The summed E-state index contributed by atoms with van der Waals surface area (Å²) in [4.78, 5) is 4.77. The maximum Gasteiger partial charge on any atom is 0.124 e. The molecular weight excluding hydrogens is 258 g/mol. The van der Waals surface area contributed by atoms with Crippen LogP contribution in [0.4, 0.5) is 0 Å². The summed E-state index contributed by atoms with van der Waals surface area (Å²) < 4.78 is 0. The summed E-state index contributed by atoms with van der Waals surface area (Å²) in [5, 5.41) is 9.86. The Morgan fingerprint density at radius 1 is 1.00 bits per heavy atom. The molecule has 1 unspecified atom stereocenters. The van der Waals surface area contributed by atoms with Crippen LogP contribution in [0.25, 0.3) is 0 Å². The highest BCUT2D eigenvalue weighted by Crippen LogP contribution is 2.37. The van der Waals surface area contributed by atoms with Gasteiger partial charge in [-0.1, -0.05) is 57.2 Å². The number of aromatic hydroxyl groups is 1. The molecular formula is C19H23NO. The second kappa shape index (κ2) is 6.13. The minimum atomic E-state index is 0.00696. The Labute approximate surface area is 127 Å². The average Bonchev–Trinajstić information content (AvgIpc) is 2.41. The quantitative estimate of drug-likeness (QED) is 0.797. The number of rotatable bonds is 3. The lowest BCUT2D eigenvalue weighted by molar-refractivity contribution is 0.329. The van der Waals surface area contributed by atoms with Crippen LogP contribution in [-0.2, 0) is 0 Å². The summed E-state index contributed by atoms with van der Waals surface area (Å²) in [5.41, 5.74) is 3.23. The molecule has 0 aliphatic carbocycles. The first-order valence-corrected chi connectivity index (χ1v) is 7.26. The van der Waals surface area contributed by atoms with Gasteiger partial charge in [0.15, 0.2) is 0 Å². The Hall–Kier alpha value is -2.09. The predicted octanol–water partition coefficient (Wildman–Crippen LogP) is 4.91. The van der Waals surface area contributed by atoms with E-state index in [2.05, 4.69) is 45.9 Å². The molecule has 0 amide bonds. The zero-order chi connectivity index (χ0) is 15.5. The van der Waals surface area contributed by atoms with Crippen LogP contribution in [-0.4, -0.2) is 11.3 Å². The van der Waals surface area contributed by atoms with Crippen molar-refractivity contribution in [2.45, 2.75) is 33.7 Å². The summed E-state index contributed by atoms with van der Waals surface area (Å²) in [6, 6.07) is 15.7. The fourth-order valence-corrected chi connectivity index (χ4v) is 2.42. The first-order valence-electron chi connectivity index (χ1n) is 7.26. The number of phenols is 1. The Kier molecular flexibility index (Phi) is 4.46. The van der Waals surface area contributed by atoms with Crippen molar-refractivity contribution in [2.24, 2.45) is 10.4 Å². The van der Waals surface area contributed by atoms with E-state index in [9.17, 15) is 5.11 Å². The molecule has 0 radical (unpaired) electrons. The molecule has 2 heteroatoms. The van der Waals surface area contributed by atoms with Gasteiger partial charge in [-0.15, -0.1) is 0 Å². The van der Waals surface area contributed by atoms with Crippen molar-refractivity contribution in [1.82, 2.24) is 0 Å². The molecule has 1 N–H and O–H groups in total. The average molecular weight is 281 g/mol. The molecule has 110 valence electrons. The third kappa shape index (κ3) is 3.72. The monoisotopic (exact) mass is 281 g/mol. The van der Waals surface area contributed by atoms with E-state index in [1.54, 1.807) is 12.3 Å². The van der Waals surface area contributed by atoms with Crippen LogP contribution in [0.5, 0.6) is 5.75 Å². The molecule has 0 aliphatic heterocycles. The third-order valence-electron chi connectivity index (χ3n) is 3.60. The number of aryl methyl sites for hydroxylation is 1. The van der Waals surface area contributed by atoms with Crippen molar-refractivity contribution < 1.29 is 5.11 Å². The number of nitrogens with zero attached hydrogens (tertiary/aromatic N) is 1. The Morgan fingerprint density at radius 2 is 1.62 bits per heavy atom. The van der Waals surface area contributed by atoms with Gasteiger partial charge in [-0.3, -0.25) is 4.99 Å². The highest BCUT2D eigenvalue weighted by atomic mass is 16.3. The Morgan fingerprint density at radius 3 is 2.24 bits per heavy atom. The fourth-order valence-electron chi connectivity index (χ4n) is 2.42. The van der Waals surface area contributed by atoms with E-state index in [-0.39, 0.29) is 17.2 Å². The van der Waals surface area contributed by atoms with E-state index in [4.69, 9.17) is 4.99 Å². The molecule has 0 saturated heterocycles. The molecule has 0 fully saturated rings. The van der Waals surface area contributed by atoms with Gasteiger partial charge in [-0.2, -0.15) is 0 Å². The summed E-state index contributed by atoms with van der Waals surface area (Å²) in [6.45, 7) is 8.68. The Balaban J connectivity index is 2.40. The van der Waals surface area contributed by atoms with Crippen molar-refractivity contribution >= 4 is 6.21 Å². The molecule has 0 bridgehead atoms. The van der Waals surface area contributed by atoms with Gasteiger partial charge in [0.1, 0.15) is 5.75 Å². The highest BCUT2D eigenvalue weighted by molar-refractivity contribution is 5.83. The molecule has 1 atom stereocenters. The van der Waals surface area contributed by atoms with Gasteiger partial charge in [0.05, 0.1) is 6.04 Å². The van der Waals surface area contributed by atoms with Crippen LogP contribution in [0.3, 0.4) is 0 Å². The summed E-state index contributed by atoms with van der Waals surface area (Å²) in [5.74, 6) is 0.263. The van der Waals surface area contributed by atoms with Gasteiger partial charge >= 0.3 is 0 Å². The number of aliphatic imine (C=N–C) groups is 1. The largest absolute Gasteiger partial charge is 0.507 e. The lowest BCUT2D eigenvalue weighted by Crippen LogP contribution is -2.17. The second-order valence-corrected chi connectivity index (χ2v) is 6.46. The minimum absolute atomic E-state index is 0.00696. The normalized spacial score (nSPS) is 13.5. The lowest BCUT2D eigenvalue weighted by Gasteiger charge is -2.29. The number of phenolic OH excluding ortho intramolecular Hbond substituents is 1. The smallest absolute Gasteiger partial charge is 0.124 e. The zero-order valence-corrected chi connectivity index (χ0v) is 13.2. The van der Waals surface area contributed by atoms with E-state index in [1.165, 1.54) is 11.1 Å². The van der Waals surface area contributed by atoms with Crippen molar-refractivity contribution in [1.29, 1.82) is 0 Å². The van der Waals surface area contributed by atoms with E-state index in [0.29, 0.717) is 0 Å². The van der Waals surface area contributed by atoms with E-state index < -0.39 is 0 Å². The molecule has 0 spiro atoms. The maximum atomic E-state index is 9.86. The zero-order valence-electron chi connectivity index (χ0n) is 13.2. The molecule has 0 aliphatic rings. The standard InChI is InChI=1S/C19H23NO/c1-14-9-5-7-11-16(14)18(19(2,3)4)20-13-15-10-6-8-12-17(15)21/h5-13,18,21H,1-4H3. The SMILES string of the molecule is Cc1ccccc1C(N=Cc1ccccc1O)C(C)(C)C. The van der Waals surface area contributed by atoms with Crippen molar-refractivity contribution in [3.63, 3.8) is 0 Å². The third-order valence-corrected chi connectivity index (χ3v) is 3.60. The first kappa shape index (κ1) is 15.3. The van der Waals surface area contributed by atoms with Crippen LogP contribution >= 0.6 is 0 Å². The lowest BCUT2D eigenvalue weighted by atomic mass is 9.81. The topological polar surface area (TPSA) is 32.6 Å². The number of benzene rings is 2. The summed E-state index contributed by atoms with van der Waals surface area (Å²) in [6.07, 6.45) is 1.78. The molecule has 2 nitrogen and oxygen atoms in total.